The van der Waals surface area contributed by atoms with Gasteiger partial charge in [0.25, 0.3) is 17.4 Å². The first-order valence-electron chi connectivity index (χ1n) is 27.4. The van der Waals surface area contributed by atoms with Gasteiger partial charge in [0, 0.05) is 86.3 Å². The van der Waals surface area contributed by atoms with Crippen LogP contribution >= 0.6 is 0 Å². The number of amides is 7. The third-order valence-electron chi connectivity index (χ3n) is 14.9. The van der Waals surface area contributed by atoms with Crippen LogP contribution in [-0.2, 0) is 98.5 Å². The Kier molecular flexibility index (Phi) is 20.2. The van der Waals surface area contributed by atoms with Crippen molar-refractivity contribution in [1.82, 2.24) is 41.0 Å². The highest BCUT2D eigenvalue weighted by atomic mass is 19.1. The van der Waals surface area contributed by atoms with Crippen molar-refractivity contribution >= 4 is 69.8 Å². The van der Waals surface area contributed by atoms with E-state index in [0.717, 1.165) is 28.2 Å². The van der Waals surface area contributed by atoms with Crippen LogP contribution in [0.2, 0.25) is 0 Å². The number of ether oxygens (including phenoxy) is 4. The van der Waals surface area contributed by atoms with E-state index in [9.17, 15) is 57.8 Å². The fraction of sp³-hybridized carbons (Fsp3) is 0.448. The number of pyridine rings is 2. The zero-order valence-electron chi connectivity index (χ0n) is 46.0. The molecule has 0 radical (unpaired) electrons. The second kappa shape index (κ2) is 27.6. The van der Waals surface area contributed by atoms with E-state index in [1.165, 1.54) is 10.6 Å². The van der Waals surface area contributed by atoms with Gasteiger partial charge in [-0.25, -0.2) is 14.2 Å². The first-order valence-corrected chi connectivity index (χ1v) is 27.4. The summed E-state index contributed by atoms with van der Waals surface area (Å²) in [5.74, 6) is -5.62. The zero-order valence-corrected chi connectivity index (χ0v) is 46.0. The lowest BCUT2D eigenvalue weighted by Gasteiger charge is -2.31. The van der Waals surface area contributed by atoms with Crippen LogP contribution in [0.4, 0.5) is 4.39 Å². The predicted molar refractivity (Wildman–Crippen MR) is 291 cm³/mol. The van der Waals surface area contributed by atoms with Crippen LogP contribution in [-0.4, -0.2) is 144 Å². The molecule has 0 bridgehead atoms. The molecule has 1 aliphatic carbocycles. The number of nitrogens with zero attached hydrogens (tertiary/aromatic N) is 3. The fourth-order valence-electron chi connectivity index (χ4n) is 10.4. The van der Waals surface area contributed by atoms with Crippen molar-refractivity contribution in [2.45, 2.75) is 109 Å². The van der Waals surface area contributed by atoms with Crippen molar-refractivity contribution in [3.63, 3.8) is 0 Å². The summed E-state index contributed by atoms with van der Waals surface area (Å²) in [6.07, 6.45) is 2.01. The number of nitrogens with one attached hydrogen (secondary N) is 5. The van der Waals surface area contributed by atoms with Crippen LogP contribution in [0.3, 0.4) is 0 Å². The van der Waals surface area contributed by atoms with E-state index in [1.54, 1.807) is 50.2 Å². The number of benzene rings is 2. The minimum atomic E-state index is -2.05. The summed E-state index contributed by atoms with van der Waals surface area (Å²) in [6, 6.07) is 10.1. The van der Waals surface area contributed by atoms with Crippen molar-refractivity contribution in [2.24, 2.45) is 0 Å². The standard InChI is InChI=1S/C58H65FN8O16/c1-3-58(79)39-26-44-55-37(29-67(44)56(77)38(39)30-83-57(58)78)54-41(11-10-36-33(2)40(59)27-43(65-55)53(36)54)63-50(74)31-82-32-62-46(70)14-12-45(69)42(25-34-7-5-4-6-8-34)64-49(73)13-9-35(68)28-61-48(72)18-21-80-23-24-81-22-19-60-47(71)17-20-66-51(75)15-16-52(66)76/h4-8,15-16,26-27,41-42,79H,3,9-14,17-25,28-32H2,1-2H3,(H,60,71)(H,61,72)(H,62,70)(H,63,74)(H,64,73)/t41-,42-,58-/m0/s1. The maximum absolute atomic E-state index is 15.4. The minimum absolute atomic E-state index is 0.0223. The van der Waals surface area contributed by atoms with E-state index < -0.39 is 88.6 Å². The maximum atomic E-state index is 15.4. The largest absolute Gasteiger partial charge is 0.458 e. The Hall–Kier alpha value is -8.39. The summed E-state index contributed by atoms with van der Waals surface area (Å²) in [6.45, 7) is 2.57. The van der Waals surface area contributed by atoms with E-state index in [4.69, 9.17) is 23.9 Å². The number of cyclic esters (lactones) is 1. The number of rotatable bonds is 30. The second-order valence-electron chi connectivity index (χ2n) is 20.4. The highest BCUT2D eigenvalue weighted by Gasteiger charge is 2.46. The molecule has 3 aliphatic heterocycles. The number of carbonyl (C=O) groups excluding carboxylic acids is 10. The molecule has 7 amide bonds. The van der Waals surface area contributed by atoms with Crippen LogP contribution in [0.5, 0.6) is 0 Å². The number of fused-ring (bicyclic) bond motifs is 5. The number of aryl methyl sites for hydroxylation is 1. The van der Waals surface area contributed by atoms with Crippen molar-refractivity contribution in [2.75, 3.05) is 59.4 Å². The number of aromatic nitrogens is 2. The Balaban J connectivity index is 0.740. The number of esters is 1. The van der Waals surface area contributed by atoms with Gasteiger partial charge in [0.1, 0.15) is 25.8 Å². The summed E-state index contributed by atoms with van der Waals surface area (Å²) in [7, 11) is 0. The Morgan fingerprint density at radius 1 is 0.807 bits per heavy atom. The molecule has 4 aromatic rings. The average molecular weight is 1150 g/mol. The summed E-state index contributed by atoms with van der Waals surface area (Å²) in [4.78, 5) is 146. The summed E-state index contributed by atoms with van der Waals surface area (Å²) in [5.41, 5.74) is 1.91. The van der Waals surface area contributed by atoms with Crippen LogP contribution in [0.1, 0.15) is 103 Å². The van der Waals surface area contributed by atoms with Crippen molar-refractivity contribution < 1.29 is 76.4 Å². The molecule has 0 unspecified atom stereocenters. The summed E-state index contributed by atoms with van der Waals surface area (Å²) in [5, 5.41) is 25.4. The van der Waals surface area contributed by atoms with Gasteiger partial charge >= 0.3 is 5.97 Å². The molecule has 2 aromatic carbocycles. The molecule has 8 rings (SSSR count). The smallest absolute Gasteiger partial charge is 0.343 e. The van der Waals surface area contributed by atoms with Gasteiger partial charge in [0.05, 0.1) is 74.1 Å². The molecule has 5 heterocycles. The first-order chi connectivity index (χ1) is 39.9. The molecule has 0 saturated heterocycles. The minimum Gasteiger partial charge on any atom is -0.458 e. The van der Waals surface area contributed by atoms with E-state index in [2.05, 4.69) is 26.6 Å². The Morgan fingerprint density at radius 2 is 1.52 bits per heavy atom. The summed E-state index contributed by atoms with van der Waals surface area (Å²) < 4.78 is 38.4. The van der Waals surface area contributed by atoms with E-state index in [0.29, 0.717) is 51.8 Å². The van der Waals surface area contributed by atoms with Gasteiger partial charge in [-0.05, 0) is 60.9 Å². The Labute approximate surface area is 475 Å². The number of aliphatic hydroxyl groups is 1. The monoisotopic (exact) mass is 1150 g/mol. The van der Waals surface area contributed by atoms with Gasteiger partial charge in [-0.2, -0.15) is 0 Å². The molecule has 83 heavy (non-hydrogen) atoms. The molecular formula is C58H65FN8O16. The Bertz CT molecular complexity index is 3310. The lowest BCUT2D eigenvalue weighted by molar-refractivity contribution is -0.172. The van der Waals surface area contributed by atoms with Gasteiger partial charge in [-0.15, -0.1) is 0 Å². The van der Waals surface area contributed by atoms with Crippen LogP contribution in [0.15, 0.2) is 59.4 Å². The number of Topliss-reactive ketones (excluding diaryl/α,β-unsaturated/α-hetero) is 2. The molecule has 6 N–H and O–H groups in total. The molecule has 0 spiro atoms. The predicted octanol–water partition coefficient (Wildman–Crippen LogP) is 1.12. The molecule has 24 nitrogen and oxygen atoms in total. The third-order valence-corrected chi connectivity index (χ3v) is 14.9. The quantitative estimate of drug-likeness (QED) is 0.0162. The lowest BCUT2D eigenvalue weighted by Crippen LogP contribution is -2.44. The van der Waals surface area contributed by atoms with E-state index >= 15 is 4.39 Å². The average Bonchev–Trinajstić information content (AvgIpc) is 4.19. The van der Waals surface area contributed by atoms with Crippen LogP contribution in [0, 0.1) is 12.7 Å². The van der Waals surface area contributed by atoms with E-state index in [-0.39, 0.29) is 134 Å². The van der Waals surface area contributed by atoms with Gasteiger partial charge < -0.3 is 55.2 Å². The number of halogens is 1. The highest BCUT2D eigenvalue weighted by molar-refractivity contribution is 6.13. The number of hydrogen-bond donors (Lipinski definition) is 6. The molecule has 2 aromatic heterocycles. The van der Waals surface area contributed by atoms with Crippen molar-refractivity contribution in [3.8, 4) is 11.4 Å². The van der Waals surface area contributed by atoms with Gasteiger partial charge in [0.15, 0.2) is 17.2 Å². The molecule has 25 heteroatoms. The molecule has 0 saturated carbocycles. The van der Waals surface area contributed by atoms with Crippen LogP contribution in [0.25, 0.3) is 22.3 Å². The van der Waals surface area contributed by atoms with Crippen molar-refractivity contribution in [3.05, 3.63) is 110 Å². The first kappa shape index (κ1) is 60.7. The number of carbonyl (C=O) groups is 10. The summed E-state index contributed by atoms with van der Waals surface area (Å²) >= 11 is 0. The second-order valence-corrected chi connectivity index (χ2v) is 20.4. The number of ketones is 2. The fourth-order valence-corrected chi connectivity index (χ4v) is 10.4. The van der Waals surface area contributed by atoms with Gasteiger partial charge in [-0.1, -0.05) is 37.3 Å². The topological polar surface area (TPSA) is 326 Å². The molecule has 4 aliphatic rings. The number of imide groups is 1. The van der Waals surface area contributed by atoms with Crippen molar-refractivity contribution in [1.29, 1.82) is 0 Å². The Morgan fingerprint density at radius 3 is 2.27 bits per heavy atom. The maximum Gasteiger partial charge on any atom is 0.343 e. The molecule has 440 valence electrons. The van der Waals surface area contributed by atoms with Gasteiger partial charge in [0.2, 0.25) is 29.5 Å². The highest BCUT2D eigenvalue weighted by Crippen LogP contribution is 2.46. The SMILES string of the molecule is CC[C@@]1(O)C(=O)OCc2c1cc1n(c2=O)Cc2c-1nc1cc(F)c(C)c3c1c2[C@@H](NC(=O)COCNC(=O)CCC(=O)[C@H](Cc1ccccc1)NC(=O)CCC(=O)CNC(=O)CCOCCOCCNC(=O)CCN1C(=O)C=CC1=O)CC3. The molecule has 3 atom stereocenters. The van der Waals surface area contributed by atoms with Crippen LogP contribution < -0.4 is 32.1 Å². The number of hydrogen-bond acceptors (Lipinski definition) is 17. The normalized spacial score (nSPS) is 16.8. The lowest BCUT2D eigenvalue weighted by atomic mass is 9.81. The molecular weight excluding hydrogens is 1080 g/mol. The van der Waals surface area contributed by atoms with E-state index in [1.807, 2.05) is 0 Å². The third kappa shape index (κ3) is 14.6. The molecule has 0 fully saturated rings. The van der Waals surface area contributed by atoms with Gasteiger partial charge in [-0.3, -0.25) is 52.8 Å². The zero-order chi connectivity index (χ0) is 59.4.